The van der Waals surface area contributed by atoms with Gasteiger partial charge < -0.3 is 9.47 Å². The molecule has 0 aliphatic carbocycles. The molecule has 0 aliphatic rings. The fourth-order valence-corrected chi connectivity index (χ4v) is 2.76. The Labute approximate surface area is 173 Å². The molecule has 3 rings (SSSR count). The maximum atomic E-state index is 12.3. The summed E-state index contributed by atoms with van der Waals surface area (Å²) < 4.78 is 10.7. The predicted octanol–water partition coefficient (Wildman–Crippen LogP) is 5.04. The smallest absolute Gasteiger partial charge is 0.338 e. The average Bonchev–Trinajstić information content (AvgIpc) is 2.74. The molecule has 0 saturated heterocycles. The quantitative estimate of drug-likeness (QED) is 0.236. The number of carbonyl (C=O) groups excluding carboxylic acids is 2. The van der Waals surface area contributed by atoms with Crippen LogP contribution in [0.5, 0.6) is 11.5 Å². The van der Waals surface area contributed by atoms with Crippen LogP contribution in [0.2, 0.25) is 0 Å². The number of aryl methyl sites for hydroxylation is 2. The topological polar surface area (TPSA) is 95.7 Å². The van der Waals surface area contributed by atoms with E-state index in [1.807, 2.05) is 26.0 Å². The van der Waals surface area contributed by atoms with Crippen molar-refractivity contribution in [3.8, 4) is 11.5 Å². The predicted molar refractivity (Wildman–Crippen MR) is 110 cm³/mol. The van der Waals surface area contributed by atoms with E-state index in [0.717, 1.165) is 11.1 Å². The maximum Gasteiger partial charge on any atom is 0.338 e. The molecule has 7 nitrogen and oxygen atoms in total. The van der Waals surface area contributed by atoms with E-state index in [-0.39, 0.29) is 23.6 Å². The van der Waals surface area contributed by atoms with Gasteiger partial charge in [-0.1, -0.05) is 17.7 Å². The monoisotopic (exact) mass is 405 g/mol. The van der Waals surface area contributed by atoms with Gasteiger partial charge in [-0.05, 0) is 61.9 Å². The van der Waals surface area contributed by atoms with Crippen LogP contribution in [0.3, 0.4) is 0 Å². The van der Waals surface area contributed by atoms with Crippen molar-refractivity contribution in [3.05, 3.63) is 99.1 Å². The molecule has 3 aromatic rings. The van der Waals surface area contributed by atoms with Gasteiger partial charge in [-0.2, -0.15) is 0 Å². The molecule has 7 heteroatoms. The van der Waals surface area contributed by atoms with Crippen molar-refractivity contribution in [1.82, 2.24) is 0 Å². The number of ether oxygens (including phenoxy) is 2. The van der Waals surface area contributed by atoms with E-state index < -0.39 is 10.9 Å². The highest BCUT2D eigenvalue weighted by molar-refractivity contribution is 6.00. The normalized spacial score (nSPS) is 10.3. The van der Waals surface area contributed by atoms with Gasteiger partial charge in [0.1, 0.15) is 11.5 Å². The number of carbonyl (C=O) groups is 2. The number of rotatable bonds is 7. The van der Waals surface area contributed by atoms with Crippen molar-refractivity contribution in [2.45, 2.75) is 13.8 Å². The lowest BCUT2D eigenvalue weighted by molar-refractivity contribution is -0.384. The zero-order chi connectivity index (χ0) is 21.7. The van der Waals surface area contributed by atoms with Gasteiger partial charge in [0.25, 0.3) is 5.69 Å². The molecule has 0 fully saturated rings. The third-order valence-electron chi connectivity index (χ3n) is 4.40. The van der Waals surface area contributed by atoms with E-state index in [0.29, 0.717) is 17.1 Å². The first-order valence-electron chi connectivity index (χ1n) is 9.13. The Bertz CT molecular complexity index is 1090. The first-order valence-corrected chi connectivity index (χ1v) is 9.13. The lowest BCUT2D eigenvalue weighted by Gasteiger charge is -2.08. The van der Waals surface area contributed by atoms with Crippen LogP contribution in [0.25, 0.3) is 0 Å². The molecule has 152 valence electrons. The average molecular weight is 405 g/mol. The molecular weight excluding hydrogens is 386 g/mol. The summed E-state index contributed by atoms with van der Waals surface area (Å²) in [6, 6.07) is 17.4. The fourth-order valence-electron chi connectivity index (χ4n) is 2.76. The van der Waals surface area contributed by atoms with Crippen LogP contribution in [0.1, 0.15) is 31.8 Å². The van der Waals surface area contributed by atoms with Gasteiger partial charge in [0, 0.05) is 17.7 Å². The van der Waals surface area contributed by atoms with Crippen molar-refractivity contribution in [3.63, 3.8) is 0 Å². The molecule has 0 spiro atoms. The van der Waals surface area contributed by atoms with E-state index in [1.54, 1.807) is 18.2 Å². The third kappa shape index (κ3) is 5.08. The zero-order valence-electron chi connectivity index (χ0n) is 16.5. The summed E-state index contributed by atoms with van der Waals surface area (Å²) in [7, 11) is 0. The molecular formula is C23H19NO6. The number of hydrogen-bond acceptors (Lipinski definition) is 6. The number of esters is 1. The Kier molecular flexibility index (Phi) is 6.22. The minimum Gasteiger partial charge on any atom is -0.457 e. The highest BCUT2D eigenvalue weighted by atomic mass is 16.6. The van der Waals surface area contributed by atoms with Gasteiger partial charge in [0.2, 0.25) is 5.78 Å². The minimum absolute atomic E-state index is 0.0316. The van der Waals surface area contributed by atoms with Gasteiger partial charge in [-0.15, -0.1) is 0 Å². The van der Waals surface area contributed by atoms with Crippen LogP contribution in [0.15, 0.2) is 66.7 Å². The molecule has 0 radical (unpaired) electrons. The maximum absolute atomic E-state index is 12.3. The van der Waals surface area contributed by atoms with Crippen LogP contribution in [-0.4, -0.2) is 23.3 Å². The molecule has 0 aromatic heterocycles. The van der Waals surface area contributed by atoms with Crippen molar-refractivity contribution in [1.29, 1.82) is 0 Å². The molecule has 0 heterocycles. The first-order chi connectivity index (χ1) is 14.3. The van der Waals surface area contributed by atoms with Gasteiger partial charge in [0.05, 0.1) is 10.5 Å². The van der Waals surface area contributed by atoms with Crippen LogP contribution in [0.4, 0.5) is 5.69 Å². The van der Waals surface area contributed by atoms with Crippen LogP contribution >= 0.6 is 0 Å². The molecule has 0 N–H and O–H groups in total. The number of nitrogens with zero attached hydrogens (tertiary/aromatic N) is 1. The number of non-ortho nitro benzene ring substituents is 1. The highest BCUT2D eigenvalue weighted by Gasteiger charge is 2.14. The molecule has 0 atom stereocenters. The van der Waals surface area contributed by atoms with E-state index in [1.165, 1.54) is 36.4 Å². The molecule has 0 amide bonds. The summed E-state index contributed by atoms with van der Waals surface area (Å²) in [5, 5.41) is 10.7. The number of ketones is 1. The third-order valence-corrected chi connectivity index (χ3v) is 4.40. The van der Waals surface area contributed by atoms with Crippen LogP contribution < -0.4 is 4.74 Å². The van der Waals surface area contributed by atoms with Crippen molar-refractivity contribution >= 4 is 17.4 Å². The molecule has 3 aromatic carbocycles. The lowest BCUT2D eigenvalue weighted by atomic mass is 10.0. The second-order valence-electron chi connectivity index (χ2n) is 6.70. The Morgan fingerprint density at radius 1 is 0.900 bits per heavy atom. The molecule has 0 unspecified atom stereocenters. The number of Topliss-reactive ketones (excluding diaryl/α,β-unsaturated/α-hetero) is 1. The van der Waals surface area contributed by atoms with Crippen molar-refractivity contribution < 1.29 is 24.0 Å². The van der Waals surface area contributed by atoms with Gasteiger partial charge in [-0.3, -0.25) is 14.9 Å². The van der Waals surface area contributed by atoms with E-state index >= 15 is 0 Å². The van der Waals surface area contributed by atoms with E-state index in [2.05, 4.69) is 0 Å². The summed E-state index contributed by atoms with van der Waals surface area (Å²) >= 11 is 0. The molecule has 0 aliphatic heterocycles. The second kappa shape index (κ2) is 9.00. The largest absolute Gasteiger partial charge is 0.457 e. The van der Waals surface area contributed by atoms with E-state index in [4.69, 9.17) is 9.47 Å². The summed E-state index contributed by atoms with van der Waals surface area (Å²) in [5.74, 6) is 0.000120. The van der Waals surface area contributed by atoms with Crippen molar-refractivity contribution in [2.24, 2.45) is 0 Å². The second-order valence-corrected chi connectivity index (χ2v) is 6.70. The summed E-state index contributed by atoms with van der Waals surface area (Å²) in [4.78, 5) is 34.7. The Morgan fingerprint density at radius 2 is 1.50 bits per heavy atom. The molecule has 0 bridgehead atoms. The van der Waals surface area contributed by atoms with Crippen LogP contribution in [-0.2, 0) is 4.74 Å². The molecule has 30 heavy (non-hydrogen) atoms. The number of nitro groups is 1. The number of hydrogen-bond donors (Lipinski definition) is 0. The molecule has 0 saturated carbocycles. The number of benzene rings is 3. The fraction of sp³-hybridized carbons (Fsp3) is 0.130. The standard InChI is InChI=1S/C23H19NO6/c1-15-3-4-16(2)21(13-15)22(25)14-29-23(26)17-5-9-19(10-6-17)30-20-11-7-18(8-12-20)24(27)28/h3-13H,14H2,1-2H3. The number of nitro benzene ring substituents is 1. The van der Waals surface area contributed by atoms with E-state index in [9.17, 15) is 19.7 Å². The Balaban J connectivity index is 1.58. The summed E-state index contributed by atoms with van der Waals surface area (Å²) in [6.07, 6.45) is 0. The minimum atomic E-state index is -0.615. The summed E-state index contributed by atoms with van der Waals surface area (Å²) in [5.41, 5.74) is 2.57. The Hall–Kier alpha value is -4.00. The van der Waals surface area contributed by atoms with Gasteiger partial charge in [0.15, 0.2) is 6.61 Å². The highest BCUT2D eigenvalue weighted by Crippen LogP contribution is 2.24. The lowest BCUT2D eigenvalue weighted by Crippen LogP contribution is -2.15. The van der Waals surface area contributed by atoms with Gasteiger partial charge in [-0.25, -0.2) is 4.79 Å². The van der Waals surface area contributed by atoms with Gasteiger partial charge >= 0.3 is 5.97 Å². The first kappa shape index (κ1) is 20.7. The zero-order valence-corrected chi connectivity index (χ0v) is 16.5. The summed E-state index contributed by atoms with van der Waals surface area (Å²) in [6.45, 7) is 3.38. The SMILES string of the molecule is Cc1ccc(C)c(C(=O)COC(=O)c2ccc(Oc3ccc([N+](=O)[O-])cc3)cc2)c1. The van der Waals surface area contributed by atoms with Crippen molar-refractivity contribution in [2.75, 3.05) is 6.61 Å². The Morgan fingerprint density at radius 3 is 2.10 bits per heavy atom. The van der Waals surface area contributed by atoms with Crippen LogP contribution in [0, 0.1) is 24.0 Å².